The molecule has 0 aliphatic rings. The first-order valence-electron chi connectivity index (χ1n) is 5.56. The number of hydrogen-bond donors (Lipinski definition) is 1. The van der Waals surface area contributed by atoms with Gasteiger partial charge in [0.25, 0.3) is 0 Å². The first kappa shape index (κ1) is 13.3. The van der Waals surface area contributed by atoms with E-state index in [1.54, 1.807) is 6.92 Å². The second-order valence-corrected chi connectivity index (χ2v) is 5.12. The smallest absolute Gasteiger partial charge is 0.339 e. The van der Waals surface area contributed by atoms with E-state index < -0.39 is 11.9 Å². The first-order chi connectivity index (χ1) is 9.06. The Bertz CT molecular complexity index is 628. The van der Waals surface area contributed by atoms with E-state index in [1.807, 2.05) is 30.3 Å². The maximum absolute atomic E-state index is 11.7. The van der Waals surface area contributed by atoms with Gasteiger partial charge in [-0.1, -0.05) is 30.3 Å². The van der Waals surface area contributed by atoms with Crippen molar-refractivity contribution in [2.45, 2.75) is 6.92 Å². The van der Waals surface area contributed by atoms with Gasteiger partial charge < -0.3 is 9.84 Å². The van der Waals surface area contributed by atoms with Crippen LogP contribution in [0.1, 0.15) is 25.6 Å². The van der Waals surface area contributed by atoms with E-state index in [1.165, 1.54) is 18.4 Å². The lowest BCUT2D eigenvalue weighted by atomic mass is 10.0. The van der Waals surface area contributed by atoms with E-state index in [9.17, 15) is 14.7 Å². The zero-order valence-corrected chi connectivity index (χ0v) is 11.3. The molecule has 0 aliphatic carbocycles. The number of thiophene rings is 1. The monoisotopic (exact) mass is 276 g/mol. The maximum Gasteiger partial charge on any atom is 0.339 e. The van der Waals surface area contributed by atoms with E-state index in [-0.39, 0.29) is 11.1 Å². The van der Waals surface area contributed by atoms with E-state index >= 15 is 0 Å². The van der Waals surface area contributed by atoms with Gasteiger partial charge in [-0.2, -0.15) is 0 Å². The minimum Gasteiger partial charge on any atom is -0.478 e. The Hall–Kier alpha value is -2.14. The number of carbonyl (C=O) groups is 2. The number of hydrogen-bond acceptors (Lipinski definition) is 4. The summed E-state index contributed by atoms with van der Waals surface area (Å²) in [6.07, 6.45) is 0. The molecule has 4 nitrogen and oxygen atoms in total. The molecule has 0 saturated carbocycles. The molecule has 0 radical (unpaired) electrons. The standard InChI is InChI=1S/C14H12O4S/c1-8-10(14(17)18-2)11(13(15)16)12(19-8)9-6-4-3-5-7-9/h3-7H,1-2H3,(H,15,16). The van der Waals surface area contributed by atoms with Crippen molar-refractivity contribution in [2.75, 3.05) is 7.11 Å². The van der Waals surface area contributed by atoms with E-state index in [0.29, 0.717) is 9.75 Å². The Morgan fingerprint density at radius 3 is 2.32 bits per heavy atom. The summed E-state index contributed by atoms with van der Waals surface area (Å²) in [4.78, 5) is 24.4. The summed E-state index contributed by atoms with van der Waals surface area (Å²) in [5.41, 5.74) is 0.933. The minimum atomic E-state index is -1.12. The van der Waals surface area contributed by atoms with Crippen molar-refractivity contribution in [2.24, 2.45) is 0 Å². The summed E-state index contributed by atoms with van der Waals surface area (Å²) in [7, 11) is 1.24. The Labute approximate surface area is 114 Å². The molecule has 0 bridgehead atoms. The van der Waals surface area contributed by atoms with Gasteiger partial charge in [0.05, 0.1) is 18.2 Å². The van der Waals surface area contributed by atoms with Gasteiger partial charge in [-0.15, -0.1) is 11.3 Å². The molecule has 0 saturated heterocycles. The van der Waals surface area contributed by atoms with Gasteiger partial charge in [0.1, 0.15) is 0 Å². The van der Waals surface area contributed by atoms with E-state index in [4.69, 9.17) is 0 Å². The molecule has 2 rings (SSSR count). The normalized spacial score (nSPS) is 10.2. The van der Waals surface area contributed by atoms with Crippen molar-refractivity contribution < 1.29 is 19.4 Å². The predicted octanol–water partition coefficient (Wildman–Crippen LogP) is 3.21. The molecule has 19 heavy (non-hydrogen) atoms. The van der Waals surface area contributed by atoms with Crippen molar-refractivity contribution in [1.29, 1.82) is 0 Å². The van der Waals surface area contributed by atoms with Crippen LogP contribution in [0.5, 0.6) is 0 Å². The molecule has 1 aromatic heterocycles. The number of rotatable bonds is 3. The van der Waals surface area contributed by atoms with Gasteiger partial charge >= 0.3 is 11.9 Å². The summed E-state index contributed by atoms with van der Waals surface area (Å²) < 4.78 is 4.66. The second-order valence-electron chi connectivity index (χ2n) is 3.90. The average molecular weight is 276 g/mol. The fourth-order valence-electron chi connectivity index (χ4n) is 1.89. The third-order valence-electron chi connectivity index (χ3n) is 2.72. The van der Waals surface area contributed by atoms with Crippen molar-refractivity contribution in [1.82, 2.24) is 0 Å². The molecule has 1 aromatic carbocycles. The highest BCUT2D eigenvalue weighted by atomic mass is 32.1. The molecule has 1 heterocycles. The van der Waals surface area contributed by atoms with Crippen molar-refractivity contribution in [3.05, 3.63) is 46.3 Å². The molecule has 1 N–H and O–H groups in total. The maximum atomic E-state index is 11.7. The van der Waals surface area contributed by atoms with Crippen LogP contribution in [-0.2, 0) is 4.74 Å². The van der Waals surface area contributed by atoms with Crippen molar-refractivity contribution in [3.8, 4) is 10.4 Å². The molecule has 0 amide bonds. The molecule has 0 spiro atoms. The molecule has 2 aromatic rings. The van der Waals surface area contributed by atoms with Gasteiger partial charge in [0, 0.05) is 9.75 Å². The van der Waals surface area contributed by atoms with Crippen molar-refractivity contribution >= 4 is 23.3 Å². The van der Waals surface area contributed by atoms with E-state index in [0.717, 1.165) is 5.56 Å². The quantitative estimate of drug-likeness (QED) is 0.874. The fourth-order valence-corrected chi connectivity index (χ4v) is 3.03. The average Bonchev–Trinajstić information content (AvgIpc) is 2.76. The summed E-state index contributed by atoms with van der Waals surface area (Å²) in [6, 6.07) is 9.14. The van der Waals surface area contributed by atoms with Crippen LogP contribution in [0.25, 0.3) is 10.4 Å². The molecule has 5 heteroatoms. The SMILES string of the molecule is COC(=O)c1c(C)sc(-c2ccccc2)c1C(=O)O. The highest BCUT2D eigenvalue weighted by Gasteiger charge is 2.27. The van der Waals surface area contributed by atoms with Crippen LogP contribution >= 0.6 is 11.3 Å². The fraction of sp³-hybridized carbons (Fsp3) is 0.143. The number of ether oxygens (including phenoxy) is 1. The molecule has 0 aliphatic heterocycles. The van der Waals surface area contributed by atoms with Crippen LogP contribution in [-0.4, -0.2) is 24.2 Å². The number of methoxy groups -OCH3 is 1. The topological polar surface area (TPSA) is 63.6 Å². The summed E-state index contributed by atoms with van der Waals surface area (Å²) >= 11 is 1.28. The lowest BCUT2D eigenvalue weighted by Gasteiger charge is -2.02. The van der Waals surface area contributed by atoms with E-state index in [2.05, 4.69) is 4.74 Å². The number of esters is 1. The minimum absolute atomic E-state index is 0.0144. The van der Waals surface area contributed by atoms with Crippen molar-refractivity contribution in [3.63, 3.8) is 0 Å². The molecule has 98 valence electrons. The van der Waals surface area contributed by atoms with Gasteiger partial charge in [-0.05, 0) is 12.5 Å². The lowest BCUT2D eigenvalue weighted by molar-refractivity contribution is 0.0583. The number of benzene rings is 1. The van der Waals surface area contributed by atoms with Gasteiger partial charge in [-0.3, -0.25) is 0 Å². The summed E-state index contributed by atoms with van der Waals surface area (Å²) in [5.74, 6) is -1.74. The first-order valence-corrected chi connectivity index (χ1v) is 6.38. The molecule has 0 unspecified atom stereocenters. The number of carboxylic acids is 1. The Kier molecular flexibility index (Phi) is 3.66. The summed E-state index contributed by atoms with van der Waals surface area (Å²) in [5, 5.41) is 9.36. The Balaban J connectivity index is 2.70. The van der Waals surface area contributed by atoms with Crippen LogP contribution in [0.15, 0.2) is 30.3 Å². The predicted molar refractivity (Wildman–Crippen MR) is 72.8 cm³/mol. The van der Waals surface area contributed by atoms with Gasteiger partial charge in [0.15, 0.2) is 0 Å². The van der Waals surface area contributed by atoms with Crippen LogP contribution in [0.3, 0.4) is 0 Å². The molecule has 0 fully saturated rings. The number of carboxylic acid groups (broad SMARTS) is 1. The van der Waals surface area contributed by atoms with Crippen LogP contribution in [0, 0.1) is 6.92 Å². The molecular weight excluding hydrogens is 264 g/mol. The van der Waals surface area contributed by atoms with Crippen LogP contribution < -0.4 is 0 Å². The van der Waals surface area contributed by atoms with Gasteiger partial charge in [0.2, 0.25) is 0 Å². The zero-order valence-electron chi connectivity index (χ0n) is 10.5. The number of aromatic carboxylic acids is 1. The largest absolute Gasteiger partial charge is 0.478 e. The zero-order chi connectivity index (χ0) is 14.0. The van der Waals surface area contributed by atoms with Crippen LogP contribution in [0.4, 0.5) is 0 Å². The molecular formula is C14H12O4S. The highest BCUT2D eigenvalue weighted by Crippen LogP contribution is 2.36. The Morgan fingerprint density at radius 2 is 1.79 bits per heavy atom. The van der Waals surface area contributed by atoms with Gasteiger partial charge in [-0.25, -0.2) is 9.59 Å². The van der Waals surface area contributed by atoms with Crippen LogP contribution in [0.2, 0.25) is 0 Å². The highest BCUT2D eigenvalue weighted by molar-refractivity contribution is 7.16. The number of carbonyl (C=O) groups excluding carboxylic acids is 1. The Morgan fingerprint density at radius 1 is 1.16 bits per heavy atom. The number of aryl methyl sites for hydroxylation is 1. The lowest BCUT2D eigenvalue weighted by Crippen LogP contribution is -2.09. The third kappa shape index (κ3) is 2.37. The molecule has 0 atom stereocenters. The third-order valence-corrected chi connectivity index (χ3v) is 3.88. The summed E-state index contributed by atoms with van der Waals surface area (Å²) in [6.45, 7) is 1.72. The second kappa shape index (κ2) is 5.24.